The lowest BCUT2D eigenvalue weighted by atomic mass is 9.99. The molecule has 2 aromatic rings. The van der Waals surface area contributed by atoms with Crippen molar-refractivity contribution in [1.29, 1.82) is 0 Å². The summed E-state index contributed by atoms with van der Waals surface area (Å²) >= 11 is 3.61. The van der Waals surface area contributed by atoms with Gasteiger partial charge in [0, 0.05) is 18.1 Å². The van der Waals surface area contributed by atoms with Crippen molar-refractivity contribution < 1.29 is 4.43 Å². The molecule has 2 aromatic carbocycles. The molecular formula is C24H34BrNOSi. The topological polar surface area (TPSA) is 12.5 Å². The lowest BCUT2D eigenvalue weighted by Gasteiger charge is -2.37. The SMILES string of the molecule is CC(C)C[C@@H](/C(=C/Br)O[Si](C)(C)C)N(Cc1ccccc1)Cc1ccccc1. The molecule has 0 aliphatic carbocycles. The highest BCUT2D eigenvalue weighted by Gasteiger charge is 2.28. The van der Waals surface area contributed by atoms with Crippen LogP contribution in [0.4, 0.5) is 0 Å². The van der Waals surface area contributed by atoms with Gasteiger partial charge in [-0.1, -0.05) is 90.4 Å². The quantitative estimate of drug-likeness (QED) is 0.275. The summed E-state index contributed by atoms with van der Waals surface area (Å²) in [5, 5.41) is 0. The van der Waals surface area contributed by atoms with Gasteiger partial charge in [-0.2, -0.15) is 0 Å². The van der Waals surface area contributed by atoms with E-state index in [2.05, 4.69) is 115 Å². The number of nitrogens with zero attached hydrogens (tertiary/aromatic N) is 1. The minimum absolute atomic E-state index is 0.228. The van der Waals surface area contributed by atoms with E-state index >= 15 is 0 Å². The van der Waals surface area contributed by atoms with E-state index < -0.39 is 8.32 Å². The summed E-state index contributed by atoms with van der Waals surface area (Å²) < 4.78 is 6.52. The van der Waals surface area contributed by atoms with Gasteiger partial charge in [0.25, 0.3) is 0 Å². The minimum atomic E-state index is -1.71. The summed E-state index contributed by atoms with van der Waals surface area (Å²) in [6, 6.07) is 21.7. The zero-order valence-electron chi connectivity index (χ0n) is 17.9. The second kappa shape index (κ2) is 11.0. The van der Waals surface area contributed by atoms with Crippen LogP contribution in [0.15, 0.2) is 71.4 Å². The first-order chi connectivity index (χ1) is 13.3. The van der Waals surface area contributed by atoms with Crippen LogP contribution in [-0.4, -0.2) is 19.3 Å². The molecule has 0 heterocycles. The molecule has 0 bridgehead atoms. The summed E-state index contributed by atoms with van der Waals surface area (Å²) in [5.41, 5.74) is 2.66. The molecule has 0 radical (unpaired) electrons. The number of hydrogen-bond acceptors (Lipinski definition) is 2. The molecule has 2 rings (SSSR count). The van der Waals surface area contributed by atoms with Gasteiger partial charge in [0.05, 0.1) is 6.04 Å². The van der Waals surface area contributed by atoms with Gasteiger partial charge < -0.3 is 4.43 Å². The Kier molecular flexibility index (Phi) is 8.99. The molecule has 0 saturated carbocycles. The average Bonchev–Trinajstić information content (AvgIpc) is 2.65. The van der Waals surface area contributed by atoms with Gasteiger partial charge >= 0.3 is 0 Å². The van der Waals surface area contributed by atoms with E-state index in [-0.39, 0.29) is 6.04 Å². The Morgan fingerprint density at radius 1 is 0.929 bits per heavy atom. The van der Waals surface area contributed by atoms with E-state index in [0.717, 1.165) is 25.3 Å². The van der Waals surface area contributed by atoms with Crippen molar-refractivity contribution in [3.63, 3.8) is 0 Å². The van der Waals surface area contributed by atoms with Gasteiger partial charge in [-0.15, -0.1) is 0 Å². The first-order valence-corrected chi connectivity index (χ1v) is 14.4. The van der Waals surface area contributed by atoms with Crippen LogP contribution in [0.3, 0.4) is 0 Å². The summed E-state index contributed by atoms with van der Waals surface area (Å²) in [7, 11) is -1.71. The van der Waals surface area contributed by atoms with Crippen LogP contribution < -0.4 is 0 Å². The number of rotatable bonds is 10. The van der Waals surface area contributed by atoms with Gasteiger partial charge in [-0.05, 0) is 43.1 Å². The van der Waals surface area contributed by atoms with E-state index in [0.29, 0.717) is 5.92 Å². The average molecular weight is 461 g/mol. The Morgan fingerprint density at radius 2 is 1.39 bits per heavy atom. The van der Waals surface area contributed by atoms with Crippen molar-refractivity contribution >= 4 is 24.2 Å². The summed E-state index contributed by atoms with van der Waals surface area (Å²) in [4.78, 5) is 4.55. The van der Waals surface area contributed by atoms with Gasteiger partial charge in [0.15, 0.2) is 0 Å². The highest BCUT2D eigenvalue weighted by Crippen LogP contribution is 2.27. The second-order valence-electron chi connectivity index (χ2n) is 8.75. The molecule has 0 aliphatic rings. The Hall–Kier alpha value is -1.36. The zero-order valence-corrected chi connectivity index (χ0v) is 20.4. The Morgan fingerprint density at radius 3 is 1.75 bits per heavy atom. The summed E-state index contributed by atoms with van der Waals surface area (Å²) in [5.74, 6) is 1.63. The van der Waals surface area contributed by atoms with Crippen molar-refractivity contribution in [2.24, 2.45) is 5.92 Å². The third-order valence-electron chi connectivity index (χ3n) is 4.45. The first-order valence-electron chi connectivity index (χ1n) is 10.1. The Balaban J connectivity index is 2.37. The van der Waals surface area contributed by atoms with Crippen LogP contribution in [0, 0.1) is 5.92 Å². The highest BCUT2D eigenvalue weighted by molar-refractivity contribution is 9.11. The zero-order chi connectivity index (χ0) is 20.6. The van der Waals surface area contributed by atoms with Gasteiger partial charge in [-0.25, -0.2) is 0 Å². The van der Waals surface area contributed by atoms with Crippen LogP contribution in [0.25, 0.3) is 0 Å². The van der Waals surface area contributed by atoms with Crippen molar-refractivity contribution in [1.82, 2.24) is 4.90 Å². The largest absolute Gasteiger partial charge is 0.546 e. The summed E-state index contributed by atoms with van der Waals surface area (Å²) in [6.45, 7) is 13.1. The molecule has 2 nitrogen and oxygen atoms in total. The fraction of sp³-hybridized carbons (Fsp3) is 0.417. The van der Waals surface area contributed by atoms with Crippen molar-refractivity contribution in [2.45, 2.75) is 59.0 Å². The van der Waals surface area contributed by atoms with Gasteiger partial charge in [0.2, 0.25) is 8.32 Å². The first kappa shape index (κ1) is 22.9. The van der Waals surface area contributed by atoms with Crippen LogP contribution in [-0.2, 0) is 17.5 Å². The van der Waals surface area contributed by atoms with Crippen molar-refractivity contribution in [3.05, 3.63) is 82.5 Å². The van der Waals surface area contributed by atoms with Crippen LogP contribution >= 0.6 is 15.9 Å². The summed E-state index contributed by atoms with van der Waals surface area (Å²) in [6.07, 6.45) is 1.06. The maximum absolute atomic E-state index is 6.52. The monoisotopic (exact) mass is 459 g/mol. The standard InChI is InChI=1S/C24H34BrNOSi/c1-20(2)16-23(24(17-25)27-28(3,4)5)26(18-21-12-8-6-9-13-21)19-22-14-10-7-11-15-22/h6-15,17,20,23H,16,18-19H2,1-5H3/b24-17-/t23-/m0/s1. The molecule has 0 unspecified atom stereocenters. The Labute approximate surface area is 180 Å². The maximum Gasteiger partial charge on any atom is 0.241 e. The van der Waals surface area contributed by atoms with Crippen molar-refractivity contribution in [3.8, 4) is 0 Å². The third-order valence-corrected chi connectivity index (χ3v) is 5.75. The van der Waals surface area contributed by atoms with E-state index in [1.165, 1.54) is 11.1 Å². The molecular weight excluding hydrogens is 426 g/mol. The number of halogens is 1. The fourth-order valence-electron chi connectivity index (χ4n) is 3.32. The molecule has 0 fully saturated rings. The predicted octanol–water partition coefficient (Wildman–Crippen LogP) is 7.19. The van der Waals surface area contributed by atoms with Gasteiger partial charge in [0.1, 0.15) is 5.76 Å². The fourth-order valence-corrected chi connectivity index (χ4v) is 4.79. The van der Waals surface area contributed by atoms with Crippen LogP contribution in [0.5, 0.6) is 0 Å². The normalized spacial score (nSPS) is 13.8. The van der Waals surface area contributed by atoms with E-state index in [1.807, 2.05) is 4.99 Å². The molecule has 0 aromatic heterocycles. The molecule has 152 valence electrons. The van der Waals surface area contributed by atoms with Gasteiger partial charge in [-0.3, -0.25) is 4.90 Å². The number of hydrogen-bond donors (Lipinski definition) is 0. The van der Waals surface area contributed by atoms with E-state index in [9.17, 15) is 0 Å². The van der Waals surface area contributed by atoms with E-state index in [1.54, 1.807) is 0 Å². The van der Waals surface area contributed by atoms with Crippen LogP contribution in [0.1, 0.15) is 31.4 Å². The lowest BCUT2D eigenvalue weighted by Crippen LogP contribution is -2.40. The Bertz CT molecular complexity index is 684. The molecule has 4 heteroatoms. The number of benzene rings is 2. The molecule has 0 aliphatic heterocycles. The molecule has 0 N–H and O–H groups in total. The van der Waals surface area contributed by atoms with Crippen molar-refractivity contribution in [2.75, 3.05) is 0 Å². The lowest BCUT2D eigenvalue weighted by molar-refractivity contribution is 0.145. The minimum Gasteiger partial charge on any atom is -0.546 e. The molecule has 0 amide bonds. The second-order valence-corrected chi connectivity index (χ2v) is 13.6. The molecule has 0 spiro atoms. The van der Waals surface area contributed by atoms with Crippen LogP contribution in [0.2, 0.25) is 19.6 Å². The molecule has 0 saturated heterocycles. The maximum atomic E-state index is 6.52. The third kappa shape index (κ3) is 7.94. The van der Waals surface area contributed by atoms with E-state index in [4.69, 9.17) is 4.43 Å². The smallest absolute Gasteiger partial charge is 0.241 e. The highest BCUT2D eigenvalue weighted by atomic mass is 79.9. The predicted molar refractivity (Wildman–Crippen MR) is 127 cm³/mol. The molecule has 1 atom stereocenters. The molecule has 28 heavy (non-hydrogen) atoms.